The number of aliphatic hydroxyl groups excluding tert-OH is 1. The van der Waals surface area contributed by atoms with E-state index in [0.29, 0.717) is 13.2 Å². The monoisotopic (exact) mass is 164 g/mol. The number of aliphatic hydroxyl groups is 1. The molecule has 0 spiro atoms. The Balaban J connectivity index is 2.24. The Morgan fingerprint density at radius 2 is 2.00 bits per heavy atom. The second-order valence-electron chi connectivity index (χ2n) is 2.39. The molecule has 1 aromatic rings. The molecule has 0 radical (unpaired) electrons. The van der Waals surface area contributed by atoms with E-state index >= 15 is 0 Å². The minimum Gasteiger partial charge on any atom is -0.516 e. The first kappa shape index (κ1) is 8.81. The van der Waals surface area contributed by atoms with Crippen LogP contribution < -0.4 is 0 Å². The second kappa shape index (κ2) is 5.38. The highest BCUT2D eigenvalue weighted by Gasteiger charge is 1.88. The first-order valence-corrected chi connectivity index (χ1v) is 3.84. The fourth-order valence-corrected chi connectivity index (χ4v) is 0.862. The summed E-state index contributed by atoms with van der Waals surface area (Å²) in [5.41, 5.74) is 1.14. The van der Waals surface area contributed by atoms with Crippen molar-refractivity contribution >= 4 is 0 Å². The highest BCUT2D eigenvalue weighted by Crippen LogP contribution is 1.99. The Hall–Kier alpha value is -1.28. The van der Waals surface area contributed by atoms with Gasteiger partial charge in [-0.15, -0.1) is 0 Å². The average Bonchev–Trinajstić information content (AvgIpc) is 2.14. The summed E-state index contributed by atoms with van der Waals surface area (Å²) in [6, 6.07) is 9.92. The van der Waals surface area contributed by atoms with E-state index in [2.05, 4.69) is 0 Å². The van der Waals surface area contributed by atoms with Crippen molar-refractivity contribution < 1.29 is 9.84 Å². The Bertz CT molecular complexity index is 229. The summed E-state index contributed by atoms with van der Waals surface area (Å²) in [4.78, 5) is 0. The third-order valence-corrected chi connectivity index (χ3v) is 1.43. The van der Waals surface area contributed by atoms with Crippen molar-refractivity contribution in [2.45, 2.75) is 6.61 Å². The van der Waals surface area contributed by atoms with Crippen LogP contribution in [0.4, 0.5) is 0 Å². The van der Waals surface area contributed by atoms with Crippen molar-refractivity contribution in [2.75, 3.05) is 6.61 Å². The van der Waals surface area contributed by atoms with Gasteiger partial charge in [-0.2, -0.15) is 0 Å². The van der Waals surface area contributed by atoms with Gasteiger partial charge in [-0.05, 0) is 11.6 Å². The smallest absolute Gasteiger partial charge is 0.0774 e. The molecule has 1 aromatic carbocycles. The van der Waals surface area contributed by atoms with Gasteiger partial charge in [-0.1, -0.05) is 30.3 Å². The minimum atomic E-state index is 0.450. The quantitative estimate of drug-likeness (QED) is 0.546. The van der Waals surface area contributed by atoms with Gasteiger partial charge in [0.15, 0.2) is 0 Å². The molecular formula is C10H12O2. The van der Waals surface area contributed by atoms with Gasteiger partial charge in [-0.3, -0.25) is 0 Å². The molecule has 2 heteroatoms. The number of ether oxygens (including phenoxy) is 1. The van der Waals surface area contributed by atoms with E-state index in [1.54, 1.807) is 6.08 Å². The maximum absolute atomic E-state index is 8.30. The highest BCUT2D eigenvalue weighted by molar-refractivity contribution is 5.13. The third-order valence-electron chi connectivity index (χ3n) is 1.43. The predicted molar refractivity (Wildman–Crippen MR) is 47.9 cm³/mol. The van der Waals surface area contributed by atoms with E-state index in [1.165, 1.54) is 0 Å². The van der Waals surface area contributed by atoms with Gasteiger partial charge >= 0.3 is 0 Å². The first-order chi connectivity index (χ1) is 5.93. The molecule has 64 valence electrons. The topological polar surface area (TPSA) is 29.5 Å². The number of hydrogen-bond donors (Lipinski definition) is 1. The van der Waals surface area contributed by atoms with Crippen molar-refractivity contribution in [3.8, 4) is 0 Å². The van der Waals surface area contributed by atoms with Crippen molar-refractivity contribution in [2.24, 2.45) is 0 Å². The van der Waals surface area contributed by atoms with Crippen molar-refractivity contribution in [3.63, 3.8) is 0 Å². The maximum Gasteiger partial charge on any atom is 0.0774 e. The standard InChI is InChI=1S/C10H12O2/c11-7-4-8-12-9-10-5-2-1-3-6-10/h1-7,11H,8-9H2/b7-4-. The average molecular weight is 164 g/mol. The molecule has 0 heterocycles. The molecule has 0 fully saturated rings. The SMILES string of the molecule is O/C=C\COCc1ccccc1. The van der Waals surface area contributed by atoms with Gasteiger partial charge in [0.05, 0.1) is 19.5 Å². The van der Waals surface area contributed by atoms with Crippen LogP contribution in [0.25, 0.3) is 0 Å². The molecule has 0 saturated heterocycles. The number of hydrogen-bond acceptors (Lipinski definition) is 2. The molecular weight excluding hydrogens is 152 g/mol. The molecule has 0 saturated carbocycles. The molecule has 0 aliphatic carbocycles. The summed E-state index contributed by atoms with van der Waals surface area (Å²) < 4.78 is 5.21. The van der Waals surface area contributed by atoms with Crippen LogP contribution in [-0.2, 0) is 11.3 Å². The Labute approximate surface area is 72.1 Å². The summed E-state index contributed by atoms with van der Waals surface area (Å²) >= 11 is 0. The van der Waals surface area contributed by atoms with E-state index in [0.717, 1.165) is 11.8 Å². The summed E-state index contributed by atoms with van der Waals surface area (Å²) in [5, 5.41) is 8.30. The largest absolute Gasteiger partial charge is 0.516 e. The normalized spacial score (nSPS) is 10.7. The highest BCUT2D eigenvalue weighted by atomic mass is 16.5. The van der Waals surface area contributed by atoms with Crippen molar-refractivity contribution in [3.05, 3.63) is 48.2 Å². The molecule has 0 amide bonds. The van der Waals surface area contributed by atoms with Crippen LogP contribution in [-0.4, -0.2) is 11.7 Å². The molecule has 1 rings (SSSR count). The van der Waals surface area contributed by atoms with E-state index in [9.17, 15) is 0 Å². The van der Waals surface area contributed by atoms with Crippen LogP contribution in [0, 0.1) is 0 Å². The molecule has 0 unspecified atom stereocenters. The van der Waals surface area contributed by atoms with Gasteiger partial charge in [0.1, 0.15) is 0 Å². The summed E-state index contributed by atoms with van der Waals surface area (Å²) in [5.74, 6) is 0. The van der Waals surface area contributed by atoms with E-state index in [-0.39, 0.29) is 0 Å². The second-order valence-corrected chi connectivity index (χ2v) is 2.39. The fraction of sp³-hybridized carbons (Fsp3) is 0.200. The lowest BCUT2D eigenvalue weighted by atomic mass is 10.2. The molecule has 12 heavy (non-hydrogen) atoms. The van der Waals surface area contributed by atoms with Crippen molar-refractivity contribution in [1.29, 1.82) is 0 Å². The van der Waals surface area contributed by atoms with Gasteiger partial charge in [0, 0.05) is 0 Å². The molecule has 2 nitrogen and oxygen atoms in total. The van der Waals surface area contributed by atoms with Crippen LogP contribution in [0.1, 0.15) is 5.56 Å². The molecule has 0 aliphatic rings. The lowest BCUT2D eigenvalue weighted by Crippen LogP contribution is -1.91. The molecule has 0 bridgehead atoms. The van der Waals surface area contributed by atoms with Gasteiger partial charge in [0.2, 0.25) is 0 Å². The molecule has 0 aromatic heterocycles. The molecule has 0 atom stereocenters. The van der Waals surface area contributed by atoms with Crippen molar-refractivity contribution in [1.82, 2.24) is 0 Å². The lowest BCUT2D eigenvalue weighted by Gasteiger charge is -1.99. The van der Waals surface area contributed by atoms with Gasteiger partial charge in [-0.25, -0.2) is 0 Å². The summed E-state index contributed by atoms with van der Waals surface area (Å²) in [7, 11) is 0. The predicted octanol–water partition coefficient (Wildman–Crippen LogP) is 2.27. The number of benzene rings is 1. The lowest BCUT2D eigenvalue weighted by molar-refractivity contribution is 0.147. The van der Waals surface area contributed by atoms with Gasteiger partial charge < -0.3 is 9.84 Å². The van der Waals surface area contributed by atoms with Crippen LogP contribution in [0.15, 0.2) is 42.7 Å². The minimum absolute atomic E-state index is 0.450. The zero-order valence-electron chi connectivity index (χ0n) is 6.81. The van der Waals surface area contributed by atoms with Crippen LogP contribution >= 0.6 is 0 Å². The fourth-order valence-electron chi connectivity index (χ4n) is 0.862. The van der Waals surface area contributed by atoms with Gasteiger partial charge in [0.25, 0.3) is 0 Å². The zero-order valence-corrected chi connectivity index (χ0v) is 6.81. The molecule has 0 aliphatic heterocycles. The zero-order chi connectivity index (χ0) is 8.65. The van der Waals surface area contributed by atoms with E-state index < -0.39 is 0 Å². The molecule has 1 N–H and O–H groups in total. The van der Waals surface area contributed by atoms with Crippen LogP contribution in [0.2, 0.25) is 0 Å². The third kappa shape index (κ3) is 3.21. The maximum atomic E-state index is 8.30. The van der Waals surface area contributed by atoms with E-state index in [1.807, 2.05) is 30.3 Å². The summed E-state index contributed by atoms with van der Waals surface area (Å²) in [6.07, 6.45) is 2.55. The Kier molecular flexibility index (Phi) is 3.95. The first-order valence-electron chi connectivity index (χ1n) is 3.84. The Morgan fingerprint density at radius 3 is 2.67 bits per heavy atom. The van der Waals surface area contributed by atoms with Crippen LogP contribution in [0.5, 0.6) is 0 Å². The Morgan fingerprint density at radius 1 is 1.25 bits per heavy atom. The van der Waals surface area contributed by atoms with E-state index in [4.69, 9.17) is 9.84 Å². The van der Waals surface area contributed by atoms with Crippen LogP contribution in [0.3, 0.4) is 0 Å². The number of rotatable bonds is 4. The summed E-state index contributed by atoms with van der Waals surface area (Å²) in [6.45, 7) is 1.04.